The van der Waals surface area contributed by atoms with E-state index in [0.717, 1.165) is 42.4 Å². The summed E-state index contributed by atoms with van der Waals surface area (Å²) in [6.45, 7) is 3.87. The lowest BCUT2D eigenvalue weighted by Crippen LogP contribution is -2.29. The second-order valence-corrected chi connectivity index (χ2v) is 10.5. The number of rotatable bonds is 8. The normalized spacial score (nSPS) is 36.8. The van der Waals surface area contributed by atoms with Crippen LogP contribution >= 0.6 is 0 Å². The summed E-state index contributed by atoms with van der Waals surface area (Å²) in [5, 5.41) is 0. The van der Waals surface area contributed by atoms with Crippen molar-refractivity contribution in [3.63, 3.8) is 0 Å². The zero-order valence-corrected chi connectivity index (χ0v) is 18.8. The van der Waals surface area contributed by atoms with Crippen molar-refractivity contribution in [3.05, 3.63) is 0 Å². The molecular weight excluding hydrogens is 344 g/mol. The summed E-state index contributed by atoms with van der Waals surface area (Å²) >= 11 is 0. The molecule has 0 heterocycles. The van der Waals surface area contributed by atoms with Crippen molar-refractivity contribution in [2.45, 2.75) is 129 Å². The molecule has 0 unspecified atom stereocenters. The minimum absolute atomic E-state index is 0.0987. The fraction of sp³-hybridized carbons (Fsp3) is 0.962. The first-order valence-electron chi connectivity index (χ1n) is 12.8. The lowest BCUT2D eigenvalue weighted by molar-refractivity contribution is -0.148. The first kappa shape index (κ1) is 22.2. The van der Waals surface area contributed by atoms with Gasteiger partial charge in [-0.05, 0) is 68.1 Å². The zero-order chi connectivity index (χ0) is 19.8. The maximum atomic E-state index is 11.1. The largest absolute Gasteiger partial charge is 0.463 e. The molecule has 0 N–H and O–H groups in total. The fourth-order valence-corrected chi connectivity index (χ4v) is 6.63. The Hall–Kier alpha value is -0.530. The maximum absolute atomic E-state index is 11.1. The van der Waals surface area contributed by atoms with E-state index in [2.05, 4.69) is 6.92 Å². The van der Waals surface area contributed by atoms with Gasteiger partial charge >= 0.3 is 5.97 Å². The molecule has 0 amide bonds. The Bertz CT molecular complexity index is 435. The number of carbonyl (C=O) groups is 1. The molecule has 0 atom stereocenters. The molecule has 0 spiro atoms. The van der Waals surface area contributed by atoms with Gasteiger partial charge in [0.25, 0.3) is 0 Å². The zero-order valence-electron chi connectivity index (χ0n) is 18.8. The van der Waals surface area contributed by atoms with Crippen molar-refractivity contribution in [3.8, 4) is 0 Å². The lowest BCUT2D eigenvalue weighted by Gasteiger charge is -2.38. The molecule has 0 radical (unpaired) electrons. The molecule has 0 bridgehead atoms. The number of unbranched alkanes of at least 4 members (excludes halogenated alkanes) is 1. The van der Waals surface area contributed by atoms with Gasteiger partial charge in [0.15, 0.2) is 0 Å². The highest BCUT2D eigenvalue weighted by Gasteiger charge is 2.32. The van der Waals surface area contributed by atoms with E-state index in [1.54, 1.807) is 6.92 Å². The Morgan fingerprint density at radius 2 is 1.11 bits per heavy atom. The number of carbonyl (C=O) groups excluding carboxylic acids is 1. The predicted molar refractivity (Wildman–Crippen MR) is 117 cm³/mol. The van der Waals surface area contributed by atoms with E-state index >= 15 is 0 Å². The van der Waals surface area contributed by atoms with E-state index in [9.17, 15) is 4.79 Å². The van der Waals surface area contributed by atoms with Gasteiger partial charge in [-0.3, -0.25) is 4.79 Å². The highest BCUT2D eigenvalue weighted by Crippen LogP contribution is 2.42. The fourth-order valence-electron chi connectivity index (χ4n) is 6.63. The molecule has 2 heteroatoms. The summed E-state index contributed by atoms with van der Waals surface area (Å²) < 4.78 is 5.42. The van der Waals surface area contributed by atoms with Crippen LogP contribution in [-0.2, 0) is 9.53 Å². The van der Waals surface area contributed by atoms with Crippen molar-refractivity contribution in [1.82, 2.24) is 0 Å². The van der Waals surface area contributed by atoms with Crippen LogP contribution in [-0.4, -0.2) is 12.1 Å². The molecule has 162 valence electrons. The van der Waals surface area contributed by atoms with Gasteiger partial charge in [-0.2, -0.15) is 0 Å². The van der Waals surface area contributed by atoms with E-state index in [-0.39, 0.29) is 12.1 Å². The molecule has 0 aliphatic heterocycles. The van der Waals surface area contributed by atoms with Crippen LogP contribution in [0.1, 0.15) is 123 Å². The van der Waals surface area contributed by atoms with Crippen LogP contribution in [0.4, 0.5) is 0 Å². The van der Waals surface area contributed by atoms with Gasteiger partial charge in [0.05, 0.1) is 0 Å². The first-order chi connectivity index (χ1) is 13.6. The Morgan fingerprint density at radius 3 is 1.57 bits per heavy atom. The highest BCUT2D eigenvalue weighted by molar-refractivity contribution is 5.66. The van der Waals surface area contributed by atoms with Crippen LogP contribution in [0.2, 0.25) is 0 Å². The summed E-state index contributed by atoms with van der Waals surface area (Å²) in [6.07, 6.45) is 24.3. The average Bonchev–Trinajstić information content (AvgIpc) is 2.72. The van der Waals surface area contributed by atoms with Gasteiger partial charge in [-0.15, -0.1) is 0 Å². The second kappa shape index (κ2) is 11.6. The van der Waals surface area contributed by atoms with E-state index in [0.29, 0.717) is 0 Å². The van der Waals surface area contributed by atoms with Gasteiger partial charge in [-0.1, -0.05) is 77.6 Å². The number of esters is 1. The Labute approximate surface area is 174 Å². The monoisotopic (exact) mass is 390 g/mol. The molecule has 3 aliphatic carbocycles. The molecule has 0 aromatic heterocycles. The van der Waals surface area contributed by atoms with E-state index in [1.807, 2.05) is 0 Å². The van der Waals surface area contributed by atoms with Crippen molar-refractivity contribution >= 4 is 5.97 Å². The summed E-state index contributed by atoms with van der Waals surface area (Å²) in [6, 6.07) is 0. The maximum Gasteiger partial charge on any atom is 0.302 e. The molecule has 28 heavy (non-hydrogen) atoms. The van der Waals surface area contributed by atoms with E-state index in [1.165, 1.54) is 96.3 Å². The Morgan fingerprint density at radius 1 is 0.679 bits per heavy atom. The van der Waals surface area contributed by atoms with Gasteiger partial charge < -0.3 is 4.74 Å². The van der Waals surface area contributed by atoms with Crippen LogP contribution < -0.4 is 0 Å². The summed E-state index contributed by atoms with van der Waals surface area (Å²) in [5.74, 6) is 4.90. The summed E-state index contributed by atoms with van der Waals surface area (Å²) in [7, 11) is 0. The van der Waals surface area contributed by atoms with Gasteiger partial charge in [0.1, 0.15) is 6.10 Å². The number of hydrogen-bond donors (Lipinski definition) is 0. The molecule has 2 nitrogen and oxygen atoms in total. The molecule has 0 aromatic rings. The molecular formula is C26H46O2. The first-order valence-corrected chi connectivity index (χ1v) is 12.8. The molecule has 0 aromatic carbocycles. The third-order valence-electron chi connectivity index (χ3n) is 8.52. The van der Waals surface area contributed by atoms with Crippen molar-refractivity contribution < 1.29 is 9.53 Å². The Balaban J connectivity index is 1.26. The topological polar surface area (TPSA) is 26.3 Å². The van der Waals surface area contributed by atoms with Crippen molar-refractivity contribution in [2.75, 3.05) is 0 Å². The number of ether oxygens (including phenoxy) is 1. The SMILES string of the molecule is CCCCC1CCC(CCC2CCC(C3CCC(OC(C)=O)CC3)CC2)CC1. The van der Waals surface area contributed by atoms with Gasteiger partial charge in [0.2, 0.25) is 0 Å². The van der Waals surface area contributed by atoms with Gasteiger partial charge in [0, 0.05) is 6.92 Å². The lowest BCUT2D eigenvalue weighted by atomic mass is 9.69. The highest BCUT2D eigenvalue weighted by atomic mass is 16.5. The summed E-state index contributed by atoms with van der Waals surface area (Å²) in [5.41, 5.74) is 0. The molecule has 3 rings (SSSR count). The third-order valence-corrected chi connectivity index (χ3v) is 8.52. The van der Waals surface area contributed by atoms with Crippen LogP contribution in [0.5, 0.6) is 0 Å². The minimum Gasteiger partial charge on any atom is -0.463 e. The second-order valence-electron chi connectivity index (χ2n) is 10.5. The molecule has 3 saturated carbocycles. The number of hydrogen-bond acceptors (Lipinski definition) is 2. The van der Waals surface area contributed by atoms with Crippen LogP contribution in [0.15, 0.2) is 0 Å². The molecule has 3 aliphatic rings. The van der Waals surface area contributed by atoms with Crippen LogP contribution in [0, 0.1) is 29.6 Å². The smallest absolute Gasteiger partial charge is 0.302 e. The van der Waals surface area contributed by atoms with Crippen molar-refractivity contribution in [1.29, 1.82) is 0 Å². The standard InChI is InChI=1S/C26H46O2/c1-3-4-5-21-6-8-22(9-7-21)10-11-23-12-14-24(15-13-23)25-16-18-26(19-17-25)28-20(2)27/h21-26H,3-19H2,1-2H3. The van der Waals surface area contributed by atoms with E-state index < -0.39 is 0 Å². The predicted octanol–water partition coefficient (Wildman–Crippen LogP) is 7.69. The average molecular weight is 391 g/mol. The Kier molecular flexibility index (Phi) is 9.18. The van der Waals surface area contributed by atoms with Crippen LogP contribution in [0.25, 0.3) is 0 Å². The third kappa shape index (κ3) is 7.06. The molecule has 3 fully saturated rings. The summed E-state index contributed by atoms with van der Waals surface area (Å²) in [4.78, 5) is 11.1. The van der Waals surface area contributed by atoms with E-state index in [4.69, 9.17) is 4.74 Å². The quantitative estimate of drug-likeness (QED) is 0.397. The van der Waals surface area contributed by atoms with Crippen LogP contribution in [0.3, 0.4) is 0 Å². The van der Waals surface area contributed by atoms with Gasteiger partial charge in [-0.25, -0.2) is 0 Å². The molecule has 0 saturated heterocycles. The minimum atomic E-state index is -0.0987. The van der Waals surface area contributed by atoms with Crippen molar-refractivity contribution in [2.24, 2.45) is 29.6 Å².